The predicted octanol–water partition coefficient (Wildman–Crippen LogP) is 7.52. The average Bonchev–Trinajstić information content (AvgIpc) is 2.73. The van der Waals surface area contributed by atoms with Crippen LogP contribution in [0, 0.1) is 5.82 Å². The summed E-state index contributed by atoms with van der Waals surface area (Å²) in [6.07, 6.45) is 0.801. The van der Waals surface area contributed by atoms with Gasteiger partial charge >= 0.3 is 0 Å². The van der Waals surface area contributed by atoms with Crippen molar-refractivity contribution >= 4 is 47.2 Å². The molecule has 0 unspecified atom stereocenters. The molecular formula is C24H24Cl4FNO2. The zero-order chi connectivity index (χ0) is 22.2. The van der Waals surface area contributed by atoms with E-state index in [0.29, 0.717) is 39.7 Å². The molecule has 0 fully saturated rings. The molecule has 8 heteroatoms. The summed E-state index contributed by atoms with van der Waals surface area (Å²) in [5.74, 6) is 0.829. The molecule has 0 aromatic heterocycles. The molecular weight excluding hydrogens is 495 g/mol. The third-order valence-corrected chi connectivity index (χ3v) is 5.46. The van der Waals surface area contributed by atoms with E-state index in [-0.39, 0.29) is 24.8 Å². The van der Waals surface area contributed by atoms with Gasteiger partial charge in [0, 0.05) is 22.2 Å². The van der Waals surface area contributed by atoms with Crippen molar-refractivity contribution in [1.82, 2.24) is 5.32 Å². The van der Waals surface area contributed by atoms with Crippen LogP contribution in [0.2, 0.25) is 15.1 Å². The van der Waals surface area contributed by atoms with Gasteiger partial charge < -0.3 is 14.8 Å². The highest BCUT2D eigenvalue weighted by Crippen LogP contribution is 2.37. The smallest absolute Gasteiger partial charge is 0.180 e. The molecule has 0 radical (unpaired) electrons. The Morgan fingerprint density at radius 1 is 0.875 bits per heavy atom. The fourth-order valence-corrected chi connectivity index (χ4v) is 3.78. The SMILES string of the molecule is CCOc1cc(CNCCc2ccc(F)cc2)cc(Cl)c1OCc1ccc(Cl)cc1Cl.Cl. The number of hydrogen-bond donors (Lipinski definition) is 1. The van der Waals surface area contributed by atoms with Gasteiger partial charge in [-0.15, -0.1) is 12.4 Å². The van der Waals surface area contributed by atoms with Gasteiger partial charge in [-0.3, -0.25) is 0 Å². The van der Waals surface area contributed by atoms with Crippen molar-refractivity contribution < 1.29 is 13.9 Å². The van der Waals surface area contributed by atoms with Gasteiger partial charge in [-0.2, -0.15) is 0 Å². The monoisotopic (exact) mass is 517 g/mol. The van der Waals surface area contributed by atoms with E-state index in [1.54, 1.807) is 24.3 Å². The fourth-order valence-electron chi connectivity index (χ4n) is 3.03. The molecule has 0 aliphatic rings. The van der Waals surface area contributed by atoms with Crippen molar-refractivity contribution in [2.75, 3.05) is 13.2 Å². The van der Waals surface area contributed by atoms with E-state index in [1.807, 2.05) is 25.1 Å². The van der Waals surface area contributed by atoms with Crippen LogP contribution < -0.4 is 14.8 Å². The Labute approximate surface area is 209 Å². The van der Waals surface area contributed by atoms with Crippen molar-refractivity contribution in [3.8, 4) is 11.5 Å². The minimum absolute atomic E-state index is 0. The molecule has 32 heavy (non-hydrogen) atoms. The largest absolute Gasteiger partial charge is 0.490 e. The summed E-state index contributed by atoms with van der Waals surface area (Å²) < 4.78 is 24.7. The maximum atomic E-state index is 13.0. The number of ether oxygens (including phenoxy) is 2. The van der Waals surface area contributed by atoms with Crippen LogP contribution in [0.1, 0.15) is 23.6 Å². The molecule has 0 saturated carbocycles. The van der Waals surface area contributed by atoms with E-state index >= 15 is 0 Å². The van der Waals surface area contributed by atoms with Crippen LogP contribution in [0.15, 0.2) is 54.6 Å². The van der Waals surface area contributed by atoms with Gasteiger partial charge in [0.25, 0.3) is 0 Å². The van der Waals surface area contributed by atoms with Crippen LogP contribution in [0.5, 0.6) is 11.5 Å². The Balaban J connectivity index is 0.00000363. The predicted molar refractivity (Wildman–Crippen MR) is 132 cm³/mol. The number of hydrogen-bond acceptors (Lipinski definition) is 3. The molecule has 3 nitrogen and oxygen atoms in total. The highest BCUT2D eigenvalue weighted by Gasteiger charge is 2.14. The van der Waals surface area contributed by atoms with Crippen LogP contribution in [0.3, 0.4) is 0 Å². The first-order valence-electron chi connectivity index (χ1n) is 9.93. The van der Waals surface area contributed by atoms with E-state index in [0.717, 1.165) is 29.7 Å². The molecule has 0 amide bonds. The number of halogens is 5. The van der Waals surface area contributed by atoms with E-state index in [2.05, 4.69) is 5.32 Å². The molecule has 3 rings (SSSR count). The Hall–Kier alpha value is -1.69. The molecule has 0 saturated heterocycles. The maximum absolute atomic E-state index is 13.0. The van der Waals surface area contributed by atoms with Crippen molar-refractivity contribution in [3.63, 3.8) is 0 Å². The summed E-state index contributed by atoms with van der Waals surface area (Å²) in [5.41, 5.74) is 2.85. The van der Waals surface area contributed by atoms with Crippen LogP contribution in [0.4, 0.5) is 4.39 Å². The lowest BCUT2D eigenvalue weighted by Gasteiger charge is -2.16. The lowest BCUT2D eigenvalue weighted by Crippen LogP contribution is -2.17. The molecule has 0 atom stereocenters. The lowest BCUT2D eigenvalue weighted by atomic mass is 10.1. The fraction of sp³-hybridized carbons (Fsp3) is 0.250. The average molecular weight is 519 g/mol. The van der Waals surface area contributed by atoms with E-state index in [4.69, 9.17) is 44.3 Å². The first kappa shape index (κ1) is 26.6. The van der Waals surface area contributed by atoms with Gasteiger partial charge in [0.15, 0.2) is 11.5 Å². The summed E-state index contributed by atoms with van der Waals surface area (Å²) in [6.45, 7) is 3.99. The van der Waals surface area contributed by atoms with Crippen LogP contribution >= 0.6 is 47.2 Å². The zero-order valence-electron chi connectivity index (χ0n) is 17.5. The summed E-state index contributed by atoms with van der Waals surface area (Å²) >= 11 is 18.7. The number of nitrogens with one attached hydrogen (secondary N) is 1. The second kappa shape index (κ2) is 13.1. The molecule has 3 aromatic rings. The minimum Gasteiger partial charge on any atom is -0.490 e. The quantitative estimate of drug-likeness (QED) is 0.281. The van der Waals surface area contributed by atoms with Gasteiger partial charge in [-0.25, -0.2) is 4.39 Å². The highest BCUT2D eigenvalue weighted by atomic mass is 35.5. The topological polar surface area (TPSA) is 30.5 Å². The number of rotatable bonds is 10. The van der Waals surface area contributed by atoms with Crippen molar-refractivity contribution in [1.29, 1.82) is 0 Å². The van der Waals surface area contributed by atoms with Crippen LogP contribution in [-0.2, 0) is 19.6 Å². The van der Waals surface area contributed by atoms with Crippen LogP contribution in [0.25, 0.3) is 0 Å². The third kappa shape index (κ3) is 7.72. The van der Waals surface area contributed by atoms with Crippen molar-refractivity contribution in [2.45, 2.75) is 26.5 Å². The first-order chi connectivity index (χ1) is 15.0. The second-order valence-electron chi connectivity index (χ2n) is 6.92. The molecule has 0 aliphatic carbocycles. The van der Waals surface area contributed by atoms with E-state index < -0.39 is 0 Å². The zero-order valence-corrected chi connectivity index (χ0v) is 20.6. The Morgan fingerprint density at radius 3 is 2.31 bits per heavy atom. The first-order valence-corrected chi connectivity index (χ1v) is 11.1. The van der Waals surface area contributed by atoms with Crippen molar-refractivity contribution in [2.24, 2.45) is 0 Å². The second-order valence-corrected chi connectivity index (χ2v) is 8.17. The van der Waals surface area contributed by atoms with Gasteiger partial charge in [-0.05, 0) is 67.4 Å². The standard InChI is InChI=1S/C24H23Cl3FNO2.ClH/c1-2-30-23-12-17(14-29-10-9-16-3-7-20(28)8-4-16)11-22(27)24(23)31-15-18-5-6-19(25)13-21(18)26;/h3-8,11-13,29H,2,9-10,14-15H2,1H3;1H. The molecule has 0 bridgehead atoms. The molecule has 3 aromatic carbocycles. The number of benzene rings is 3. The van der Waals surface area contributed by atoms with Gasteiger partial charge in [0.05, 0.1) is 11.6 Å². The van der Waals surface area contributed by atoms with E-state index in [9.17, 15) is 4.39 Å². The summed E-state index contributed by atoms with van der Waals surface area (Å²) in [4.78, 5) is 0. The minimum atomic E-state index is -0.226. The Morgan fingerprint density at radius 2 is 1.62 bits per heavy atom. The third-order valence-electron chi connectivity index (χ3n) is 4.59. The molecule has 1 N–H and O–H groups in total. The summed E-state index contributed by atoms with van der Waals surface area (Å²) in [5, 5.41) is 4.94. The molecule has 172 valence electrons. The van der Waals surface area contributed by atoms with Crippen LogP contribution in [-0.4, -0.2) is 13.2 Å². The van der Waals surface area contributed by atoms with Crippen molar-refractivity contribution in [3.05, 3.63) is 92.2 Å². The Kier molecular flexibility index (Phi) is 10.9. The highest BCUT2D eigenvalue weighted by molar-refractivity contribution is 6.35. The van der Waals surface area contributed by atoms with Gasteiger partial charge in [0.1, 0.15) is 12.4 Å². The molecule has 0 heterocycles. The summed E-state index contributed by atoms with van der Waals surface area (Å²) in [7, 11) is 0. The Bertz CT molecular complexity index is 1020. The summed E-state index contributed by atoms with van der Waals surface area (Å²) in [6, 6.07) is 15.6. The molecule has 0 aliphatic heterocycles. The lowest BCUT2D eigenvalue weighted by molar-refractivity contribution is 0.269. The van der Waals surface area contributed by atoms with Gasteiger partial charge in [0.2, 0.25) is 0 Å². The normalized spacial score (nSPS) is 10.5. The van der Waals surface area contributed by atoms with Gasteiger partial charge in [-0.1, -0.05) is 53.0 Å². The van der Waals surface area contributed by atoms with E-state index in [1.165, 1.54) is 12.1 Å². The maximum Gasteiger partial charge on any atom is 0.180 e. The molecule has 0 spiro atoms.